The number of fused-ring (bicyclic) bond motifs is 3. The normalized spacial score (nSPS) is 11.7. The molecule has 0 fully saturated rings. The van der Waals surface area contributed by atoms with Crippen LogP contribution in [0.5, 0.6) is 5.75 Å². The van der Waals surface area contributed by atoms with Gasteiger partial charge in [0.25, 0.3) is 0 Å². The highest BCUT2D eigenvalue weighted by Gasteiger charge is 2.22. The smallest absolute Gasteiger partial charge is 0.216 e. The summed E-state index contributed by atoms with van der Waals surface area (Å²) in [5.41, 5.74) is 11.3. The van der Waals surface area contributed by atoms with Gasteiger partial charge in [0, 0.05) is 35.3 Å². The van der Waals surface area contributed by atoms with Crippen LogP contribution in [0.15, 0.2) is 71.7 Å². The number of aryl methyl sites for hydroxylation is 1. The summed E-state index contributed by atoms with van der Waals surface area (Å²) in [6.07, 6.45) is 0. The minimum Gasteiger partial charge on any atom is -0.489 e. The van der Waals surface area contributed by atoms with Crippen LogP contribution in [-0.4, -0.2) is 32.9 Å². The summed E-state index contributed by atoms with van der Waals surface area (Å²) in [6, 6.07) is 21.4. The molecule has 9 heteroatoms. The Bertz CT molecular complexity index is 1410. The number of amides is 1. The zero-order valence-electron chi connectivity index (χ0n) is 21.0. The molecule has 0 radical (unpaired) electrons. The Labute approximate surface area is 221 Å². The molecule has 4 aromatic rings. The number of nitrogen functional groups attached to an aromatic ring is 1. The number of hydrogen-bond donors (Lipinski definition) is 2. The summed E-state index contributed by atoms with van der Waals surface area (Å²) in [5, 5.41) is 11.8. The van der Waals surface area contributed by atoms with Crippen LogP contribution in [0.3, 0.4) is 0 Å². The van der Waals surface area contributed by atoms with Crippen LogP contribution in [0, 0.1) is 6.92 Å². The first-order valence-corrected chi connectivity index (χ1v) is 12.3. The maximum Gasteiger partial charge on any atom is 0.216 e. The van der Waals surface area contributed by atoms with Crippen LogP contribution in [-0.2, 0) is 17.9 Å². The van der Waals surface area contributed by atoms with Crippen LogP contribution in [0.1, 0.15) is 42.2 Å². The second-order valence-corrected chi connectivity index (χ2v) is 8.90. The lowest BCUT2D eigenvalue weighted by Crippen LogP contribution is -2.18. The summed E-state index contributed by atoms with van der Waals surface area (Å²) < 4.78 is 8.13. The maximum atomic E-state index is 9.93. The molecule has 0 unspecified atom stereocenters. The largest absolute Gasteiger partial charge is 0.489 e. The van der Waals surface area contributed by atoms with Gasteiger partial charge >= 0.3 is 0 Å². The molecule has 1 aliphatic heterocycles. The molecule has 190 valence electrons. The number of aromatic nitrogens is 3. The van der Waals surface area contributed by atoms with Crippen molar-refractivity contribution in [2.24, 2.45) is 4.99 Å². The third-order valence-corrected chi connectivity index (χ3v) is 5.92. The zero-order valence-corrected chi connectivity index (χ0v) is 21.8. The number of benzene rings is 3. The van der Waals surface area contributed by atoms with E-state index in [1.165, 1.54) is 6.92 Å². The molecule has 2 heterocycles. The van der Waals surface area contributed by atoms with Crippen LogP contribution in [0.4, 0.5) is 5.69 Å². The minimum atomic E-state index is 0.0394. The van der Waals surface area contributed by atoms with E-state index in [9.17, 15) is 4.79 Å². The molecule has 0 saturated carbocycles. The van der Waals surface area contributed by atoms with Crippen molar-refractivity contribution in [1.82, 2.24) is 20.1 Å². The van der Waals surface area contributed by atoms with Crippen molar-refractivity contribution in [3.8, 4) is 11.4 Å². The fourth-order valence-corrected chi connectivity index (χ4v) is 4.06. The van der Waals surface area contributed by atoms with Gasteiger partial charge < -0.3 is 15.8 Å². The Morgan fingerprint density at radius 1 is 1.08 bits per heavy atom. The van der Waals surface area contributed by atoms with Gasteiger partial charge in [-0.3, -0.25) is 14.4 Å². The quantitative estimate of drug-likeness (QED) is 0.367. The predicted molar refractivity (Wildman–Crippen MR) is 146 cm³/mol. The third kappa shape index (κ3) is 6.34. The van der Waals surface area contributed by atoms with Gasteiger partial charge in [-0.05, 0) is 61.9 Å². The molecular weight excluding hydrogens is 488 g/mol. The molecule has 3 N–H and O–H groups in total. The van der Waals surface area contributed by atoms with Crippen molar-refractivity contribution in [2.45, 2.75) is 33.9 Å². The second-order valence-electron chi connectivity index (χ2n) is 8.47. The van der Waals surface area contributed by atoms with E-state index < -0.39 is 0 Å². The van der Waals surface area contributed by atoms with Crippen molar-refractivity contribution >= 4 is 28.9 Å². The molecular formula is C28H29ClN6O2. The number of carbonyl (C=O) groups excluding carboxylic acids is 1. The summed E-state index contributed by atoms with van der Waals surface area (Å²) >= 11 is 6.10. The van der Waals surface area contributed by atoms with E-state index in [4.69, 9.17) is 27.1 Å². The number of aliphatic imine (C=N–C) groups is 1. The van der Waals surface area contributed by atoms with E-state index in [2.05, 4.69) is 15.5 Å². The van der Waals surface area contributed by atoms with Gasteiger partial charge in [0.15, 0.2) is 5.82 Å². The van der Waals surface area contributed by atoms with Crippen molar-refractivity contribution in [1.29, 1.82) is 0 Å². The number of nitrogens with one attached hydrogen (secondary N) is 1. The number of rotatable bonds is 5. The first kappa shape index (κ1) is 25.9. The number of nitrogens with two attached hydrogens (primary N) is 1. The van der Waals surface area contributed by atoms with Crippen LogP contribution in [0.2, 0.25) is 5.02 Å². The summed E-state index contributed by atoms with van der Waals surface area (Å²) in [7, 11) is 0. The fraction of sp³-hybridized carbons (Fsp3) is 0.214. The Morgan fingerprint density at radius 2 is 1.81 bits per heavy atom. The summed E-state index contributed by atoms with van der Waals surface area (Å²) in [4.78, 5) is 14.8. The van der Waals surface area contributed by atoms with E-state index in [0.29, 0.717) is 18.2 Å². The van der Waals surface area contributed by atoms with Gasteiger partial charge in [-0.1, -0.05) is 35.9 Å². The maximum absolute atomic E-state index is 9.93. The molecule has 0 spiro atoms. The van der Waals surface area contributed by atoms with Gasteiger partial charge in [0.2, 0.25) is 5.91 Å². The Balaban J connectivity index is 0.000000480. The number of nitrogens with zero attached hydrogens (tertiary/aromatic N) is 4. The first-order chi connectivity index (χ1) is 17.9. The van der Waals surface area contributed by atoms with E-state index in [0.717, 1.165) is 57.7 Å². The van der Waals surface area contributed by atoms with Crippen molar-refractivity contribution in [2.75, 3.05) is 12.3 Å². The number of halogens is 1. The molecule has 37 heavy (non-hydrogen) atoms. The molecule has 0 bridgehead atoms. The molecule has 1 amide bonds. The SMILES string of the molecule is CCNC(C)=O.Cc1nnc2n1-c1ccc(OCc3ccc(N)cc3)cc1C(c1ccc(Cl)cc1)=NC2. The molecule has 0 atom stereocenters. The number of anilines is 1. The standard InChI is InChI=1S/C24H20ClN5O.C4H9NO/c1-15-28-29-23-13-27-24(17-4-6-18(25)7-5-17)21-12-20(10-11-22(21)30(15)23)31-14-16-2-8-19(26)9-3-16;1-3-5-4(2)6/h2-12H,13-14,26H2,1H3;3H2,1-2H3,(H,5,6). The summed E-state index contributed by atoms with van der Waals surface area (Å²) in [6.45, 7) is 6.96. The van der Waals surface area contributed by atoms with Crippen LogP contribution >= 0.6 is 11.6 Å². The molecule has 5 rings (SSSR count). The third-order valence-electron chi connectivity index (χ3n) is 5.66. The van der Waals surface area contributed by atoms with Gasteiger partial charge in [-0.15, -0.1) is 10.2 Å². The second kappa shape index (κ2) is 11.7. The molecule has 0 aliphatic carbocycles. The molecule has 8 nitrogen and oxygen atoms in total. The lowest BCUT2D eigenvalue weighted by atomic mass is 10.00. The van der Waals surface area contributed by atoms with E-state index in [-0.39, 0.29) is 5.91 Å². The molecule has 1 aromatic heterocycles. The Kier molecular flexibility index (Phi) is 8.20. The Hall–Kier alpha value is -4.17. The van der Waals surface area contributed by atoms with Crippen LogP contribution in [0.25, 0.3) is 5.69 Å². The lowest BCUT2D eigenvalue weighted by Gasteiger charge is -2.15. The van der Waals surface area contributed by atoms with Gasteiger partial charge in [-0.25, -0.2) is 0 Å². The fourth-order valence-electron chi connectivity index (χ4n) is 3.93. The van der Waals surface area contributed by atoms with Crippen molar-refractivity contribution in [3.63, 3.8) is 0 Å². The summed E-state index contributed by atoms with van der Waals surface area (Å²) in [5.74, 6) is 2.42. The highest BCUT2D eigenvalue weighted by molar-refractivity contribution is 6.30. The van der Waals surface area contributed by atoms with E-state index >= 15 is 0 Å². The number of carbonyl (C=O) groups is 1. The predicted octanol–water partition coefficient (Wildman–Crippen LogP) is 4.88. The molecule has 1 aliphatic rings. The zero-order chi connectivity index (χ0) is 26.4. The minimum absolute atomic E-state index is 0.0394. The van der Waals surface area contributed by atoms with Gasteiger partial charge in [0.1, 0.15) is 24.7 Å². The highest BCUT2D eigenvalue weighted by Crippen LogP contribution is 2.29. The molecule has 3 aromatic carbocycles. The first-order valence-electron chi connectivity index (χ1n) is 11.9. The average Bonchev–Trinajstić information content (AvgIpc) is 3.16. The van der Waals surface area contributed by atoms with Crippen LogP contribution < -0.4 is 15.8 Å². The van der Waals surface area contributed by atoms with Gasteiger partial charge in [-0.2, -0.15) is 0 Å². The highest BCUT2D eigenvalue weighted by atomic mass is 35.5. The topological polar surface area (TPSA) is 107 Å². The van der Waals surface area contributed by atoms with Gasteiger partial charge in [0.05, 0.1) is 11.4 Å². The van der Waals surface area contributed by atoms with Crippen molar-refractivity contribution < 1.29 is 9.53 Å². The lowest BCUT2D eigenvalue weighted by molar-refractivity contribution is -0.118. The number of ether oxygens (including phenoxy) is 1. The average molecular weight is 517 g/mol. The van der Waals surface area contributed by atoms with E-state index in [1.807, 2.05) is 85.1 Å². The monoisotopic (exact) mass is 516 g/mol. The molecule has 0 saturated heterocycles. The Morgan fingerprint density at radius 3 is 2.46 bits per heavy atom. The number of hydrogen-bond acceptors (Lipinski definition) is 6. The van der Waals surface area contributed by atoms with Crippen molar-refractivity contribution in [3.05, 3.63) is 100 Å². The van der Waals surface area contributed by atoms with E-state index in [1.54, 1.807) is 0 Å².